The number of carbonyl (C=O) groups is 1. The second kappa shape index (κ2) is 8.46. The van der Waals surface area contributed by atoms with Crippen LogP contribution in [0.1, 0.15) is 21.6 Å². The molecule has 0 aliphatic heterocycles. The summed E-state index contributed by atoms with van der Waals surface area (Å²) in [5.74, 6) is -2.02. The largest absolute Gasteiger partial charge is 0.464 e. The Morgan fingerprint density at radius 3 is 2.43 bits per heavy atom. The molecule has 0 unspecified atom stereocenters. The van der Waals surface area contributed by atoms with Crippen molar-refractivity contribution in [3.8, 4) is 17.1 Å². The SMILES string of the molecule is Cn1nc(-c2cccc3occc23)c(C(F)(F)F)c1C(=O)Nc1cnc(-n2nccn2)c(C(F)(F)F)c1. The number of hydrogen-bond donors (Lipinski definition) is 1. The molecule has 4 heterocycles. The first-order valence-electron chi connectivity index (χ1n) is 10.3. The number of halogens is 6. The number of rotatable bonds is 4. The van der Waals surface area contributed by atoms with Crippen LogP contribution in [0.15, 0.2) is 59.6 Å². The highest BCUT2D eigenvalue weighted by atomic mass is 19.4. The molecule has 0 atom stereocenters. The van der Waals surface area contributed by atoms with Crippen molar-refractivity contribution >= 4 is 22.6 Å². The monoisotopic (exact) mass is 521 g/mol. The lowest BCUT2D eigenvalue weighted by Gasteiger charge is -2.14. The lowest BCUT2D eigenvalue weighted by atomic mass is 10.0. The highest BCUT2D eigenvalue weighted by Gasteiger charge is 2.43. The maximum atomic E-state index is 14.2. The van der Waals surface area contributed by atoms with Crippen LogP contribution in [0.25, 0.3) is 28.0 Å². The van der Waals surface area contributed by atoms with Gasteiger partial charge in [-0.1, -0.05) is 12.1 Å². The number of anilines is 1. The average molecular weight is 521 g/mol. The molecule has 0 aliphatic rings. The fourth-order valence-corrected chi connectivity index (χ4v) is 3.85. The van der Waals surface area contributed by atoms with Gasteiger partial charge in [-0.2, -0.15) is 41.6 Å². The summed E-state index contributed by atoms with van der Waals surface area (Å²) in [6, 6.07) is 6.39. The second-order valence-electron chi connectivity index (χ2n) is 7.70. The average Bonchev–Trinajstić information content (AvgIpc) is 3.57. The van der Waals surface area contributed by atoms with Gasteiger partial charge in [0, 0.05) is 18.0 Å². The van der Waals surface area contributed by atoms with Crippen LogP contribution in [0.3, 0.4) is 0 Å². The maximum Gasteiger partial charge on any atom is 0.420 e. The van der Waals surface area contributed by atoms with Crippen molar-refractivity contribution in [3.63, 3.8) is 0 Å². The molecule has 4 aromatic heterocycles. The quantitative estimate of drug-likeness (QED) is 0.330. The Balaban J connectivity index is 1.59. The third kappa shape index (κ3) is 4.28. The molecule has 0 saturated carbocycles. The number of amides is 1. The number of carbonyl (C=O) groups excluding carboxylic acids is 1. The summed E-state index contributed by atoms with van der Waals surface area (Å²) in [4.78, 5) is 17.3. The van der Waals surface area contributed by atoms with Gasteiger partial charge in [0.2, 0.25) is 0 Å². The Bertz CT molecular complexity index is 1620. The standard InChI is InChI=1S/C22H13F6N7O2/c1-34-18(16(22(26,27)28)17(33-34)13-3-2-4-15-12(13)5-8-37-15)20(36)32-11-9-14(21(23,24)25)19(29-10-11)35-30-6-7-31-35/h2-10H,1H3,(H,32,36). The normalized spacial score (nSPS) is 12.3. The van der Waals surface area contributed by atoms with Crippen LogP contribution in [0, 0.1) is 0 Å². The summed E-state index contributed by atoms with van der Waals surface area (Å²) >= 11 is 0. The molecule has 190 valence electrons. The minimum Gasteiger partial charge on any atom is -0.464 e. The van der Waals surface area contributed by atoms with Crippen LogP contribution in [0.5, 0.6) is 0 Å². The number of alkyl halides is 6. The summed E-state index contributed by atoms with van der Waals surface area (Å²) in [7, 11) is 1.12. The molecule has 9 nitrogen and oxygen atoms in total. The van der Waals surface area contributed by atoms with E-state index in [9.17, 15) is 31.1 Å². The van der Waals surface area contributed by atoms with Gasteiger partial charge >= 0.3 is 12.4 Å². The van der Waals surface area contributed by atoms with Crippen molar-refractivity contribution in [2.45, 2.75) is 12.4 Å². The van der Waals surface area contributed by atoms with Gasteiger partial charge in [0.25, 0.3) is 5.91 Å². The van der Waals surface area contributed by atoms with Gasteiger partial charge in [0.1, 0.15) is 28.1 Å². The van der Waals surface area contributed by atoms with E-state index in [0.717, 1.165) is 25.6 Å². The van der Waals surface area contributed by atoms with Crippen LogP contribution in [0.4, 0.5) is 32.0 Å². The predicted octanol–water partition coefficient (Wildman–Crippen LogP) is 5.10. The molecule has 15 heteroatoms. The van der Waals surface area contributed by atoms with E-state index in [1.54, 1.807) is 6.07 Å². The molecule has 0 radical (unpaired) electrons. The molecule has 1 amide bonds. The van der Waals surface area contributed by atoms with Crippen LogP contribution in [0.2, 0.25) is 0 Å². The smallest absolute Gasteiger partial charge is 0.420 e. The summed E-state index contributed by atoms with van der Waals surface area (Å²) < 4.78 is 89.6. The van der Waals surface area contributed by atoms with E-state index in [0.29, 0.717) is 26.5 Å². The summed E-state index contributed by atoms with van der Waals surface area (Å²) in [5, 5.41) is 13.5. The van der Waals surface area contributed by atoms with E-state index >= 15 is 0 Å². The molecule has 0 bridgehead atoms. The van der Waals surface area contributed by atoms with Crippen LogP contribution in [-0.4, -0.2) is 35.7 Å². The third-order valence-corrected chi connectivity index (χ3v) is 5.33. The first-order chi connectivity index (χ1) is 17.4. The highest BCUT2D eigenvalue weighted by molar-refractivity contribution is 6.06. The highest BCUT2D eigenvalue weighted by Crippen LogP contribution is 2.41. The number of aryl methyl sites for hydroxylation is 1. The molecule has 5 aromatic rings. The van der Waals surface area contributed by atoms with E-state index in [4.69, 9.17) is 4.42 Å². The fourth-order valence-electron chi connectivity index (χ4n) is 3.85. The van der Waals surface area contributed by atoms with E-state index in [1.807, 2.05) is 0 Å². The van der Waals surface area contributed by atoms with Crippen molar-refractivity contribution in [3.05, 3.63) is 72.0 Å². The molecule has 1 aromatic carbocycles. The zero-order chi connectivity index (χ0) is 26.5. The van der Waals surface area contributed by atoms with E-state index in [2.05, 4.69) is 25.6 Å². The zero-order valence-electron chi connectivity index (χ0n) is 18.5. The fraction of sp³-hybridized carbons (Fsp3) is 0.136. The molecule has 0 aliphatic carbocycles. The number of hydrogen-bond acceptors (Lipinski definition) is 6. The van der Waals surface area contributed by atoms with Gasteiger partial charge in [0.15, 0.2) is 5.82 Å². The lowest BCUT2D eigenvalue weighted by molar-refractivity contribution is -0.138. The topological polar surface area (TPSA) is 104 Å². The molecule has 0 saturated heterocycles. The van der Waals surface area contributed by atoms with E-state index in [-0.39, 0.29) is 5.56 Å². The molecular weight excluding hydrogens is 508 g/mol. The minimum atomic E-state index is -5.03. The number of benzene rings is 1. The van der Waals surface area contributed by atoms with Crippen LogP contribution in [-0.2, 0) is 19.4 Å². The summed E-state index contributed by atoms with van der Waals surface area (Å²) in [6.07, 6.45) is -5.54. The Kier molecular flexibility index (Phi) is 5.49. The van der Waals surface area contributed by atoms with Gasteiger partial charge < -0.3 is 9.73 Å². The Morgan fingerprint density at radius 1 is 1.03 bits per heavy atom. The van der Waals surface area contributed by atoms with Crippen LogP contribution < -0.4 is 5.32 Å². The first kappa shape index (κ1) is 24.0. The van der Waals surface area contributed by atoms with Gasteiger partial charge in [-0.15, -0.1) is 4.80 Å². The first-order valence-corrected chi connectivity index (χ1v) is 10.3. The number of aromatic nitrogens is 6. The molecule has 0 fully saturated rings. The van der Waals surface area contributed by atoms with Crippen molar-refractivity contribution in [1.29, 1.82) is 0 Å². The predicted molar refractivity (Wildman–Crippen MR) is 116 cm³/mol. The molecule has 1 N–H and O–H groups in total. The van der Waals surface area contributed by atoms with Crippen molar-refractivity contribution in [1.82, 2.24) is 29.8 Å². The lowest BCUT2D eigenvalue weighted by Crippen LogP contribution is -2.22. The number of furan rings is 1. The zero-order valence-corrected chi connectivity index (χ0v) is 18.5. The van der Waals surface area contributed by atoms with Crippen molar-refractivity contribution < 1.29 is 35.6 Å². The van der Waals surface area contributed by atoms with Gasteiger partial charge in [-0.05, 0) is 18.2 Å². The number of pyridine rings is 1. The Hall–Kier alpha value is -4.69. The Labute approximate surface area is 202 Å². The second-order valence-corrected chi connectivity index (χ2v) is 7.70. The summed E-state index contributed by atoms with van der Waals surface area (Å²) in [5.41, 5.74) is -4.25. The van der Waals surface area contributed by atoms with Gasteiger partial charge in [-0.3, -0.25) is 9.48 Å². The molecule has 5 rings (SSSR count). The van der Waals surface area contributed by atoms with Crippen LogP contribution >= 0.6 is 0 Å². The van der Waals surface area contributed by atoms with E-state index in [1.165, 1.54) is 24.5 Å². The Morgan fingerprint density at radius 2 is 1.76 bits per heavy atom. The van der Waals surface area contributed by atoms with Crippen molar-refractivity contribution in [2.24, 2.45) is 7.05 Å². The number of nitrogens with one attached hydrogen (secondary N) is 1. The van der Waals surface area contributed by atoms with Crippen molar-refractivity contribution in [2.75, 3.05) is 5.32 Å². The molecular formula is C22H13F6N7O2. The van der Waals surface area contributed by atoms with Gasteiger partial charge in [0.05, 0.1) is 30.5 Å². The maximum absolute atomic E-state index is 14.2. The molecule has 37 heavy (non-hydrogen) atoms. The summed E-state index contributed by atoms with van der Waals surface area (Å²) in [6.45, 7) is 0. The molecule has 0 spiro atoms. The minimum absolute atomic E-state index is 0.0605. The third-order valence-electron chi connectivity index (χ3n) is 5.33. The van der Waals surface area contributed by atoms with E-state index < -0.39 is 52.3 Å². The number of nitrogens with zero attached hydrogens (tertiary/aromatic N) is 6. The van der Waals surface area contributed by atoms with Gasteiger partial charge in [-0.25, -0.2) is 4.98 Å². The number of fused-ring (bicyclic) bond motifs is 1.